The van der Waals surface area contributed by atoms with E-state index in [9.17, 15) is 4.79 Å². The first kappa shape index (κ1) is 11.7. The molecule has 1 atom stereocenters. The van der Waals surface area contributed by atoms with Gasteiger partial charge in [0.25, 0.3) is 0 Å². The Labute approximate surface area is 98.0 Å². The molecule has 1 saturated carbocycles. The van der Waals surface area contributed by atoms with E-state index in [1.807, 2.05) is 14.1 Å². The summed E-state index contributed by atoms with van der Waals surface area (Å²) in [6, 6.07) is 1.20. The predicted octanol–water partition coefficient (Wildman–Crippen LogP) is 1.27. The van der Waals surface area contributed by atoms with Crippen LogP contribution in [0.3, 0.4) is 0 Å². The van der Waals surface area contributed by atoms with Crippen molar-refractivity contribution in [2.75, 3.05) is 27.2 Å². The third-order valence-corrected chi connectivity index (χ3v) is 3.45. The summed E-state index contributed by atoms with van der Waals surface area (Å²) in [5.74, 6) is 0. The Morgan fingerprint density at radius 3 is 2.50 bits per heavy atom. The van der Waals surface area contributed by atoms with E-state index in [-0.39, 0.29) is 6.03 Å². The quantitative estimate of drug-likeness (QED) is 0.785. The number of carbonyl (C=O) groups is 1. The zero-order chi connectivity index (χ0) is 11.5. The Morgan fingerprint density at radius 1 is 1.25 bits per heavy atom. The number of hydrogen-bond acceptors (Lipinski definition) is 2. The van der Waals surface area contributed by atoms with Gasteiger partial charge in [0.1, 0.15) is 0 Å². The Morgan fingerprint density at radius 2 is 2.00 bits per heavy atom. The molecule has 1 saturated heterocycles. The average molecular weight is 225 g/mol. The molecule has 0 radical (unpaired) electrons. The van der Waals surface area contributed by atoms with Gasteiger partial charge in [0.15, 0.2) is 0 Å². The standard InChI is InChI=1S/C12H23N3O/c1-14(2)12(16)15(11-6-7-11)9-10-5-3-4-8-13-10/h10-11,13H,3-9H2,1-2H3. The summed E-state index contributed by atoms with van der Waals surface area (Å²) in [6.07, 6.45) is 6.16. The van der Waals surface area contributed by atoms with Crippen LogP contribution in [0.2, 0.25) is 0 Å². The summed E-state index contributed by atoms with van der Waals surface area (Å²) < 4.78 is 0. The third-order valence-electron chi connectivity index (χ3n) is 3.45. The molecule has 0 aromatic rings. The number of hydrogen-bond donors (Lipinski definition) is 1. The fourth-order valence-electron chi connectivity index (χ4n) is 2.34. The molecule has 0 spiro atoms. The average Bonchev–Trinajstić information content (AvgIpc) is 3.10. The first-order valence-electron chi connectivity index (χ1n) is 6.40. The lowest BCUT2D eigenvalue weighted by Crippen LogP contribution is -2.49. The van der Waals surface area contributed by atoms with Crippen molar-refractivity contribution in [3.05, 3.63) is 0 Å². The third kappa shape index (κ3) is 2.88. The largest absolute Gasteiger partial charge is 0.331 e. The predicted molar refractivity (Wildman–Crippen MR) is 64.5 cm³/mol. The van der Waals surface area contributed by atoms with E-state index in [1.54, 1.807) is 4.90 Å². The molecule has 0 bridgehead atoms. The topological polar surface area (TPSA) is 35.6 Å². The lowest BCUT2D eigenvalue weighted by Gasteiger charge is -2.32. The summed E-state index contributed by atoms with van der Waals surface area (Å²) in [4.78, 5) is 15.8. The number of nitrogens with zero attached hydrogens (tertiary/aromatic N) is 2. The van der Waals surface area contributed by atoms with Crippen molar-refractivity contribution in [3.8, 4) is 0 Å². The van der Waals surface area contributed by atoms with Gasteiger partial charge in [-0.15, -0.1) is 0 Å². The number of rotatable bonds is 3. The molecule has 1 unspecified atom stereocenters. The van der Waals surface area contributed by atoms with Crippen molar-refractivity contribution in [1.82, 2.24) is 15.1 Å². The molecule has 1 aliphatic heterocycles. The molecule has 4 heteroatoms. The van der Waals surface area contributed by atoms with Crippen LogP contribution in [0.5, 0.6) is 0 Å². The minimum absolute atomic E-state index is 0.176. The van der Waals surface area contributed by atoms with Crippen LogP contribution >= 0.6 is 0 Å². The molecule has 1 heterocycles. The van der Waals surface area contributed by atoms with E-state index in [4.69, 9.17) is 0 Å². The molecule has 2 aliphatic rings. The highest BCUT2D eigenvalue weighted by Crippen LogP contribution is 2.28. The Bertz CT molecular complexity index is 245. The highest BCUT2D eigenvalue weighted by molar-refractivity contribution is 5.74. The van der Waals surface area contributed by atoms with E-state index in [1.165, 1.54) is 32.1 Å². The van der Waals surface area contributed by atoms with E-state index >= 15 is 0 Å². The molecule has 2 fully saturated rings. The first-order valence-corrected chi connectivity index (χ1v) is 6.40. The fourth-order valence-corrected chi connectivity index (χ4v) is 2.34. The zero-order valence-electron chi connectivity index (χ0n) is 10.4. The van der Waals surface area contributed by atoms with Gasteiger partial charge in [-0.1, -0.05) is 6.42 Å². The summed E-state index contributed by atoms with van der Waals surface area (Å²) in [7, 11) is 3.68. The van der Waals surface area contributed by atoms with Crippen LogP contribution < -0.4 is 5.32 Å². The second kappa shape index (κ2) is 5.04. The van der Waals surface area contributed by atoms with Gasteiger partial charge < -0.3 is 15.1 Å². The Hall–Kier alpha value is -0.770. The first-order chi connectivity index (χ1) is 7.68. The van der Waals surface area contributed by atoms with Crippen LogP contribution in [0, 0.1) is 0 Å². The highest BCUT2D eigenvalue weighted by atomic mass is 16.2. The van der Waals surface area contributed by atoms with Crippen molar-refractivity contribution in [1.29, 1.82) is 0 Å². The molecule has 0 aromatic heterocycles. The Balaban J connectivity index is 1.89. The van der Waals surface area contributed by atoms with E-state index < -0.39 is 0 Å². The van der Waals surface area contributed by atoms with Crippen molar-refractivity contribution in [3.63, 3.8) is 0 Å². The minimum Gasteiger partial charge on any atom is -0.331 e. The molecule has 2 amide bonds. The molecule has 92 valence electrons. The molecule has 1 N–H and O–H groups in total. The number of carbonyl (C=O) groups excluding carboxylic acids is 1. The van der Waals surface area contributed by atoms with E-state index in [0.717, 1.165) is 13.1 Å². The van der Waals surface area contributed by atoms with Crippen molar-refractivity contribution >= 4 is 6.03 Å². The summed E-state index contributed by atoms with van der Waals surface area (Å²) in [6.45, 7) is 2.00. The van der Waals surface area contributed by atoms with Crippen molar-refractivity contribution < 1.29 is 4.79 Å². The minimum atomic E-state index is 0.176. The second-order valence-corrected chi connectivity index (χ2v) is 5.21. The SMILES string of the molecule is CN(C)C(=O)N(CC1CCCCN1)C1CC1. The maximum absolute atomic E-state index is 12.0. The van der Waals surface area contributed by atoms with Gasteiger partial charge in [-0.3, -0.25) is 0 Å². The van der Waals surface area contributed by atoms with E-state index in [2.05, 4.69) is 10.2 Å². The lowest BCUT2D eigenvalue weighted by molar-refractivity contribution is 0.158. The van der Waals surface area contributed by atoms with Crippen molar-refractivity contribution in [2.45, 2.75) is 44.2 Å². The van der Waals surface area contributed by atoms with Crippen LogP contribution in [0.4, 0.5) is 4.79 Å². The van der Waals surface area contributed by atoms with Gasteiger partial charge in [-0.05, 0) is 32.2 Å². The van der Waals surface area contributed by atoms with E-state index in [0.29, 0.717) is 12.1 Å². The van der Waals surface area contributed by atoms with Crippen LogP contribution in [0.25, 0.3) is 0 Å². The number of piperidine rings is 1. The molecular weight excluding hydrogens is 202 g/mol. The number of amides is 2. The zero-order valence-corrected chi connectivity index (χ0v) is 10.4. The molecule has 1 aliphatic carbocycles. The van der Waals surface area contributed by atoms with Gasteiger partial charge >= 0.3 is 6.03 Å². The normalized spacial score (nSPS) is 25.2. The van der Waals surface area contributed by atoms with Crippen LogP contribution in [0.15, 0.2) is 0 Å². The smallest absolute Gasteiger partial charge is 0.319 e. The number of nitrogens with one attached hydrogen (secondary N) is 1. The molecule has 16 heavy (non-hydrogen) atoms. The molecular formula is C12H23N3O. The van der Waals surface area contributed by atoms with Gasteiger partial charge in [0.2, 0.25) is 0 Å². The molecule has 2 rings (SSSR count). The lowest BCUT2D eigenvalue weighted by atomic mass is 10.0. The fraction of sp³-hybridized carbons (Fsp3) is 0.917. The highest BCUT2D eigenvalue weighted by Gasteiger charge is 2.34. The van der Waals surface area contributed by atoms with Crippen LogP contribution in [-0.4, -0.2) is 55.1 Å². The van der Waals surface area contributed by atoms with Gasteiger partial charge in [0.05, 0.1) is 0 Å². The monoisotopic (exact) mass is 225 g/mol. The van der Waals surface area contributed by atoms with Gasteiger partial charge in [0, 0.05) is 32.7 Å². The molecule has 0 aromatic carbocycles. The molecule has 4 nitrogen and oxygen atoms in total. The Kier molecular flexibility index (Phi) is 3.69. The summed E-state index contributed by atoms with van der Waals surface area (Å²) in [5.41, 5.74) is 0. The van der Waals surface area contributed by atoms with Crippen LogP contribution in [-0.2, 0) is 0 Å². The van der Waals surface area contributed by atoms with Crippen molar-refractivity contribution in [2.24, 2.45) is 0 Å². The maximum Gasteiger partial charge on any atom is 0.319 e. The van der Waals surface area contributed by atoms with Gasteiger partial charge in [-0.2, -0.15) is 0 Å². The second-order valence-electron chi connectivity index (χ2n) is 5.21. The van der Waals surface area contributed by atoms with Crippen LogP contribution in [0.1, 0.15) is 32.1 Å². The summed E-state index contributed by atoms with van der Waals surface area (Å²) in [5, 5.41) is 3.51. The summed E-state index contributed by atoms with van der Waals surface area (Å²) >= 11 is 0. The number of urea groups is 1. The maximum atomic E-state index is 12.0. The van der Waals surface area contributed by atoms with Gasteiger partial charge in [-0.25, -0.2) is 4.79 Å².